The molecule has 2 amide bonds. The average Bonchev–Trinajstić information content (AvgIpc) is 3.22. The van der Waals surface area contributed by atoms with E-state index in [0.717, 1.165) is 6.26 Å². The molecule has 10 nitrogen and oxygen atoms in total. The monoisotopic (exact) mass is 601 g/mol. The van der Waals surface area contributed by atoms with Gasteiger partial charge in [0, 0.05) is 36.5 Å². The number of rotatable bonds is 10. The van der Waals surface area contributed by atoms with Crippen LogP contribution in [0.3, 0.4) is 0 Å². The summed E-state index contributed by atoms with van der Waals surface area (Å²) in [6.07, 6.45) is 1.13. The van der Waals surface area contributed by atoms with Crippen molar-refractivity contribution in [2.75, 3.05) is 63.9 Å². The molecule has 2 aliphatic rings. The molecule has 0 spiro atoms. The maximum absolute atomic E-state index is 13.8. The molecule has 0 saturated carbocycles. The minimum absolute atomic E-state index is 0. The van der Waals surface area contributed by atoms with Crippen LogP contribution in [0.5, 0.6) is 11.5 Å². The number of ether oxygens (including phenoxy) is 3. The summed E-state index contributed by atoms with van der Waals surface area (Å²) < 4.78 is 41.3. The van der Waals surface area contributed by atoms with E-state index < -0.39 is 21.8 Å². The number of anilines is 1. The minimum Gasteiger partial charge on any atom is -0.493 e. The van der Waals surface area contributed by atoms with Crippen molar-refractivity contribution in [3.63, 3.8) is 0 Å². The maximum Gasteiger partial charge on any atom is 0.257 e. The molecule has 0 aliphatic carbocycles. The standard InChI is InChI=1S/C26H32ClN3O7S.ClH/c1-4-37-23-13-17(5-8-22(23)35-2)21(16-38(3,33)34)30-14-18-19(27)6-7-20(25(18)26(30)32)28-24(31)15-29-9-11-36-12-10-29;/h5-8,13,21H,4,9-12,14-16H2,1-3H3,(H,28,31);1H. The summed E-state index contributed by atoms with van der Waals surface area (Å²) >= 11 is 6.49. The van der Waals surface area contributed by atoms with Crippen LogP contribution in [0.15, 0.2) is 30.3 Å². The van der Waals surface area contributed by atoms with Gasteiger partial charge >= 0.3 is 0 Å². The van der Waals surface area contributed by atoms with Crippen molar-refractivity contribution >= 4 is 51.3 Å². The van der Waals surface area contributed by atoms with Gasteiger partial charge in [0.1, 0.15) is 9.84 Å². The van der Waals surface area contributed by atoms with Gasteiger partial charge in [0.05, 0.1) is 56.5 Å². The quantitative estimate of drug-likeness (QED) is 0.441. The van der Waals surface area contributed by atoms with E-state index in [9.17, 15) is 18.0 Å². The van der Waals surface area contributed by atoms with Crippen molar-refractivity contribution in [1.82, 2.24) is 9.80 Å². The van der Waals surface area contributed by atoms with Crippen LogP contribution < -0.4 is 14.8 Å². The molecule has 1 atom stereocenters. The molecule has 2 aromatic carbocycles. The highest BCUT2D eigenvalue weighted by molar-refractivity contribution is 7.90. The van der Waals surface area contributed by atoms with Crippen LogP contribution in [-0.4, -0.2) is 88.6 Å². The number of nitrogens with zero attached hydrogens (tertiary/aromatic N) is 2. The van der Waals surface area contributed by atoms with Crippen LogP contribution >= 0.6 is 24.0 Å². The van der Waals surface area contributed by atoms with Crippen molar-refractivity contribution in [3.05, 3.63) is 52.0 Å². The number of sulfone groups is 1. The van der Waals surface area contributed by atoms with Gasteiger partial charge in [-0.2, -0.15) is 0 Å². The molecule has 1 fully saturated rings. The number of morpholine rings is 1. The number of carbonyl (C=O) groups is 2. The summed E-state index contributed by atoms with van der Waals surface area (Å²) in [5, 5.41) is 3.22. The third-order valence-electron chi connectivity index (χ3n) is 6.51. The summed E-state index contributed by atoms with van der Waals surface area (Å²) in [6.45, 7) is 4.91. The van der Waals surface area contributed by atoms with E-state index in [-0.39, 0.29) is 42.7 Å². The zero-order valence-corrected chi connectivity index (χ0v) is 24.5. The Labute approximate surface area is 239 Å². The molecular formula is C26H33Cl2N3O7S. The van der Waals surface area contributed by atoms with E-state index in [2.05, 4.69) is 5.32 Å². The normalized spacial score (nSPS) is 16.3. The lowest BCUT2D eigenvalue weighted by Crippen LogP contribution is -2.41. The second-order valence-corrected chi connectivity index (χ2v) is 11.9. The first-order valence-corrected chi connectivity index (χ1v) is 14.8. The molecule has 0 radical (unpaired) electrons. The number of fused-ring (bicyclic) bond motifs is 1. The summed E-state index contributed by atoms with van der Waals surface area (Å²) in [6, 6.07) is 7.52. The third-order valence-corrected chi connectivity index (χ3v) is 7.79. The molecule has 0 aromatic heterocycles. The van der Waals surface area contributed by atoms with Gasteiger partial charge in [0.15, 0.2) is 11.5 Å². The zero-order chi connectivity index (χ0) is 27.4. The minimum atomic E-state index is -3.50. The molecule has 0 bridgehead atoms. The summed E-state index contributed by atoms with van der Waals surface area (Å²) in [7, 11) is -1.98. The SMILES string of the molecule is CCOc1cc(C(CS(C)(=O)=O)N2Cc3c(Cl)ccc(NC(=O)CN4CCOCC4)c3C2=O)ccc1OC.Cl. The Morgan fingerprint density at radius 3 is 2.54 bits per heavy atom. The van der Waals surface area contributed by atoms with E-state index in [0.29, 0.717) is 66.2 Å². The van der Waals surface area contributed by atoms with E-state index in [1.54, 1.807) is 30.3 Å². The van der Waals surface area contributed by atoms with E-state index >= 15 is 0 Å². The summed E-state index contributed by atoms with van der Waals surface area (Å²) in [4.78, 5) is 30.1. The number of amides is 2. The number of hydrogen-bond donors (Lipinski definition) is 1. The van der Waals surface area contributed by atoms with Crippen LogP contribution in [0, 0.1) is 0 Å². The van der Waals surface area contributed by atoms with Crippen molar-refractivity contribution in [1.29, 1.82) is 0 Å². The summed E-state index contributed by atoms with van der Waals surface area (Å²) in [5.74, 6) is -0.0261. The number of nitrogens with one attached hydrogen (secondary N) is 1. The van der Waals surface area contributed by atoms with Crippen LogP contribution in [0.25, 0.3) is 0 Å². The van der Waals surface area contributed by atoms with E-state index in [1.807, 2.05) is 11.8 Å². The number of carbonyl (C=O) groups excluding carboxylic acids is 2. The first-order valence-electron chi connectivity index (χ1n) is 12.3. The molecular weight excluding hydrogens is 569 g/mol. The molecule has 13 heteroatoms. The van der Waals surface area contributed by atoms with Gasteiger partial charge in [0.2, 0.25) is 5.91 Å². The Balaban J connectivity index is 0.00000420. The predicted octanol–water partition coefficient (Wildman–Crippen LogP) is 3.18. The van der Waals surface area contributed by atoms with Gasteiger partial charge in [-0.05, 0) is 36.8 Å². The van der Waals surface area contributed by atoms with Gasteiger partial charge in [-0.15, -0.1) is 12.4 Å². The lowest BCUT2D eigenvalue weighted by molar-refractivity contribution is -0.118. The van der Waals surface area contributed by atoms with Crippen LogP contribution in [-0.2, 0) is 25.9 Å². The fourth-order valence-corrected chi connectivity index (χ4v) is 5.90. The zero-order valence-electron chi connectivity index (χ0n) is 22.1. The van der Waals surface area contributed by atoms with Crippen LogP contribution in [0.4, 0.5) is 5.69 Å². The number of methoxy groups -OCH3 is 1. The highest BCUT2D eigenvalue weighted by Crippen LogP contribution is 2.40. The average molecular weight is 603 g/mol. The fraction of sp³-hybridized carbons (Fsp3) is 0.462. The Morgan fingerprint density at radius 1 is 1.18 bits per heavy atom. The van der Waals surface area contributed by atoms with E-state index in [1.165, 1.54) is 12.0 Å². The molecule has 1 N–H and O–H groups in total. The molecule has 1 unspecified atom stereocenters. The third kappa shape index (κ3) is 7.34. The van der Waals surface area contributed by atoms with Gasteiger partial charge in [-0.1, -0.05) is 17.7 Å². The molecule has 4 rings (SSSR count). The lowest BCUT2D eigenvalue weighted by atomic mass is 10.1. The Bertz CT molecular complexity index is 1320. The molecule has 39 heavy (non-hydrogen) atoms. The largest absolute Gasteiger partial charge is 0.493 e. The van der Waals surface area contributed by atoms with Gasteiger partial charge in [-0.3, -0.25) is 14.5 Å². The molecule has 2 heterocycles. The second kappa shape index (κ2) is 13.2. The highest BCUT2D eigenvalue weighted by Gasteiger charge is 2.38. The maximum atomic E-state index is 13.8. The molecule has 214 valence electrons. The van der Waals surface area contributed by atoms with Crippen molar-refractivity contribution in [2.24, 2.45) is 0 Å². The Hall–Kier alpha value is -2.57. The number of benzene rings is 2. The van der Waals surface area contributed by atoms with Gasteiger partial charge in [-0.25, -0.2) is 8.42 Å². The molecule has 2 aromatic rings. The lowest BCUT2D eigenvalue weighted by Gasteiger charge is -2.28. The van der Waals surface area contributed by atoms with Crippen molar-refractivity contribution in [2.45, 2.75) is 19.5 Å². The number of hydrogen-bond acceptors (Lipinski definition) is 8. The van der Waals surface area contributed by atoms with Crippen LogP contribution in [0.2, 0.25) is 5.02 Å². The fourth-order valence-electron chi connectivity index (χ4n) is 4.74. The second-order valence-electron chi connectivity index (χ2n) is 9.27. The van der Waals surface area contributed by atoms with Gasteiger partial charge in [0.25, 0.3) is 5.91 Å². The van der Waals surface area contributed by atoms with Crippen molar-refractivity contribution in [3.8, 4) is 11.5 Å². The van der Waals surface area contributed by atoms with Gasteiger partial charge < -0.3 is 24.4 Å². The topological polar surface area (TPSA) is 114 Å². The first kappa shape index (κ1) is 31.0. The van der Waals surface area contributed by atoms with Crippen molar-refractivity contribution < 1.29 is 32.2 Å². The predicted molar refractivity (Wildman–Crippen MR) is 151 cm³/mol. The molecule has 2 aliphatic heterocycles. The Kier molecular flexibility index (Phi) is 10.5. The highest BCUT2D eigenvalue weighted by atomic mass is 35.5. The van der Waals surface area contributed by atoms with E-state index in [4.69, 9.17) is 25.8 Å². The first-order chi connectivity index (χ1) is 18.1. The molecule has 1 saturated heterocycles. The van der Waals surface area contributed by atoms with Crippen LogP contribution in [0.1, 0.15) is 34.5 Å². The summed E-state index contributed by atoms with van der Waals surface area (Å²) in [5.41, 5.74) is 1.73. The smallest absolute Gasteiger partial charge is 0.257 e. The number of halogens is 2. The Morgan fingerprint density at radius 2 is 1.90 bits per heavy atom.